The fourth-order valence-corrected chi connectivity index (χ4v) is 1.62. The van der Waals surface area contributed by atoms with Crippen LogP contribution in [0.25, 0.3) is 0 Å². The summed E-state index contributed by atoms with van der Waals surface area (Å²) in [5.41, 5.74) is -0.609. The van der Waals surface area contributed by atoms with E-state index < -0.39 is 5.60 Å². The van der Waals surface area contributed by atoms with Gasteiger partial charge in [0.25, 0.3) is 0 Å². The topological polar surface area (TPSA) is 43.7 Å². The SMILES string of the molecule is CC(C)(O)CN1CCC(O)CC1. The fourth-order valence-electron chi connectivity index (χ4n) is 1.62. The maximum atomic E-state index is 9.53. The van der Waals surface area contributed by atoms with Crippen LogP contribution in [0.4, 0.5) is 0 Å². The van der Waals surface area contributed by atoms with Gasteiger partial charge in [-0.15, -0.1) is 0 Å². The molecule has 1 aliphatic rings. The van der Waals surface area contributed by atoms with Crippen molar-refractivity contribution in [2.45, 2.75) is 38.4 Å². The summed E-state index contributed by atoms with van der Waals surface area (Å²) in [4.78, 5) is 2.20. The number of likely N-dealkylation sites (tertiary alicyclic amines) is 1. The smallest absolute Gasteiger partial charge is 0.0718 e. The predicted octanol–water partition coefficient (Wildman–Crippen LogP) is 0.214. The minimum absolute atomic E-state index is 0.122. The number of rotatable bonds is 2. The molecule has 0 aromatic heterocycles. The lowest BCUT2D eigenvalue weighted by molar-refractivity contribution is 0.00955. The van der Waals surface area contributed by atoms with Crippen molar-refractivity contribution in [3.8, 4) is 0 Å². The Morgan fingerprint density at radius 1 is 1.33 bits per heavy atom. The van der Waals surface area contributed by atoms with E-state index in [-0.39, 0.29) is 6.10 Å². The maximum Gasteiger partial charge on any atom is 0.0718 e. The Morgan fingerprint density at radius 2 is 1.83 bits per heavy atom. The number of nitrogens with zero attached hydrogens (tertiary/aromatic N) is 1. The summed E-state index contributed by atoms with van der Waals surface area (Å²) >= 11 is 0. The molecule has 1 aliphatic heterocycles. The third-order valence-electron chi connectivity index (χ3n) is 2.17. The second kappa shape index (κ2) is 3.73. The van der Waals surface area contributed by atoms with Gasteiger partial charge < -0.3 is 15.1 Å². The maximum absolute atomic E-state index is 9.53. The highest BCUT2D eigenvalue weighted by molar-refractivity contribution is 4.77. The zero-order valence-electron chi connectivity index (χ0n) is 7.95. The van der Waals surface area contributed by atoms with Crippen LogP contribution in [-0.4, -0.2) is 46.5 Å². The van der Waals surface area contributed by atoms with Crippen LogP contribution in [0.2, 0.25) is 0 Å². The summed E-state index contributed by atoms with van der Waals surface area (Å²) in [7, 11) is 0. The molecule has 1 saturated heterocycles. The highest BCUT2D eigenvalue weighted by atomic mass is 16.3. The molecule has 0 unspecified atom stereocenters. The van der Waals surface area contributed by atoms with E-state index in [9.17, 15) is 10.2 Å². The molecule has 1 fully saturated rings. The van der Waals surface area contributed by atoms with Gasteiger partial charge in [0.05, 0.1) is 11.7 Å². The number of hydrogen-bond acceptors (Lipinski definition) is 3. The summed E-state index contributed by atoms with van der Waals surface area (Å²) in [5.74, 6) is 0. The lowest BCUT2D eigenvalue weighted by atomic mass is 10.0. The summed E-state index contributed by atoms with van der Waals surface area (Å²) in [6, 6.07) is 0. The first-order valence-electron chi connectivity index (χ1n) is 4.60. The molecule has 0 aliphatic carbocycles. The Hall–Kier alpha value is -0.120. The van der Waals surface area contributed by atoms with Gasteiger partial charge in [0.1, 0.15) is 0 Å². The van der Waals surface area contributed by atoms with E-state index in [0.29, 0.717) is 6.54 Å². The van der Waals surface area contributed by atoms with Crippen molar-refractivity contribution in [3.63, 3.8) is 0 Å². The van der Waals surface area contributed by atoms with E-state index in [1.165, 1.54) is 0 Å². The average Bonchev–Trinajstić information content (AvgIpc) is 1.91. The molecule has 0 aromatic rings. The normalized spacial score (nSPS) is 23.0. The van der Waals surface area contributed by atoms with Crippen LogP contribution in [-0.2, 0) is 0 Å². The lowest BCUT2D eigenvalue weighted by Crippen LogP contribution is -2.43. The molecule has 12 heavy (non-hydrogen) atoms. The van der Waals surface area contributed by atoms with E-state index in [1.54, 1.807) is 0 Å². The van der Waals surface area contributed by atoms with Gasteiger partial charge in [-0.05, 0) is 26.7 Å². The first-order chi connectivity index (χ1) is 5.47. The molecular weight excluding hydrogens is 154 g/mol. The van der Waals surface area contributed by atoms with Crippen LogP contribution in [0.1, 0.15) is 26.7 Å². The first kappa shape index (κ1) is 9.96. The molecule has 3 nitrogen and oxygen atoms in total. The first-order valence-corrected chi connectivity index (χ1v) is 4.60. The third-order valence-corrected chi connectivity index (χ3v) is 2.17. The molecule has 0 aromatic carbocycles. The van der Waals surface area contributed by atoms with E-state index in [1.807, 2.05) is 13.8 Å². The van der Waals surface area contributed by atoms with Crippen molar-refractivity contribution in [1.29, 1.82) is 0 Å². The van der Waals surface area contributed by atoms with Crippen molar-refractivity contribution in [2.75, 3.05) is 19.6 Å². The van der Waals surface area contributed by atoms with E-state index in [0.717, 1.165) is 25.9 Å². The van der Waals surface area contributed by atoms with Gasteiger partial charge in [0.15, 0.2) is 0 Å². The molecule has 0 atom stereocenters. The molecule has 3 heteroatoms. The van der Waals surface area contributed by atoms with Gasteiger partial charge >= 0.3 is 0 Å². The Labute approximate surface area is 74.0 Å². The Morgan fingerprint density at radius 3 is 2.25 bits per heavy atom. The Balaban J connectivity index is 2.26. The van der Waals surface area contributed by atoms with Gasteiger partial charge in [0, 0.05) is 19.6 Å². The number of piperidine rings is 1. The molecule has 72 valence electrons. The second-order valence-corrected chi connectivity index (χ2v) is 4.32. The highest BCUT2D eigenvalue weighted by Crippen LogP contribution is 2.13. The van der Waals surface area contributed by atoms with Gasteiger partial charge in [-0.2, -0.15) is 0 Å². The zero-order chi connectivity index (χ0) is 9.19. The van der Waals surface area contributed by atoms with Crippen LogP contribution in [0.3, 0.4) is 0 Å². The summed E-state index contributed by atoms with van der Waals surface area (Å²) in [6.45, 7) is 6.16. The number of β-amino-alcohol motifs (C(OH)–C–C–N with tert-alkyl or cyclic N) is 1. The van der Waals surface area contributed by atoms with Crippen molar-refractivity contribution >= 4 is 0 Å². The quantitative estimate of drug-likeness (QED) is 0.627. The highest BCUT2D eigenvalue weighted by Gasteiger charge is 2.22. The van der Waals surface area contributed by atoms with Crippen molar-refractivity contribution in [1.82, 2.24) is 4.90 Å². The number of aliphatic hydroxyl groups excluding tert-OH is 1. The molecule has 0 saturated carbocycles. The number of aliphatic hydroxyl groups is 2. The molecule has 0 radical (unpaired) electrons. The van der Waals surface area contributed by atoms with Crippen molar-refractivity contribution in [3.05, 3.63) is 0 Å². The van der Waals surface area contributed by atoms with Crippen LogP contribution in [0.15, 0.2) is 0 Å². The summed E-state index contributed by atoms with van der Waals surface area (Å²) in [5, 5.41) is 18.8. The van der Waals surface area contributed by atoms with E-state index in [4.69, 9.17) is 0 Å². The molecule has 1 heterocycles. The Kier molecular flexibility index (Phi) is 3.09. The molecule has 0 bridgehead atoms. The largest absolute Gasteiger partial charge is 0.393 e. The standard InChI is InChI=1S/C9H19NO2/c1-9(2,12)7-10-5-3-8(11)4-6-10/h8,11-12H,3-7H2,1-2H3. The monoisotopic (exact) mass is 173 g/mol. The van der Waals surface area contributed by atoms with Gasteiger partial charge in [0.2, 0.25) is 0 Å². The Bertz CT molecular complexity index is 134. The molecule has 1 rings (SSSR count). The van der Waals surface area contributed by atoms with Gasteiger partial charge in [-0.3, -0.25) is 0 Å². The fraction of sp³-hybridized carbons (Fsp3) is 1.00. The summed E-state index contributed by atoms with van der Waals surface area (Å²) in [6.07, 6.45) is 1.56. The molecule has 0 spiro atoms. The van der Waals surface area contributed by atoms with Crippen LogP contribution in [0, 0.1) is 0 Å². The van der Waals surface area contributed by atoms with Crippen LogP contribution >= 0.6 is 0 Å². The molecule has 0 amide bonds. The minimum Gasteiger partial charge on any atom is -0.393 e. The molecule has 2 N–H and O–H groups in total. The predicted molar refractivity (Wildman–Crippen MR) is 48.0 cm³/mol. The molecular formula is C9H19NO2. The summed E-state index contributed by atoms with van der Waals surface area (Å²) < 4.78 is 0. The zero-order valence-corrected chi connectivity index (χ0v) is 7.95. The second-order valence-electron chi connectivity index (χ2n) is 4.32. The van der Waals surface area contributed by atoms with Gasteiger partial charge in [-0.1, -0.05) is 0 Å². The van der Waals surface area contributed by atoms with Crippen LogP contribution in [0.5, 0.6) is 0 Å². The van der Waals surface area contributed by atoms with Crippen molar-refractivity contribution in [2.24, 2.45) is 0 Å². The van der Waals surface area contributed by atoms with Gasteiger partial charge in [-0.25, -0.2) is 0 Å². The third kappa shape index (κ3) is 3.52. The average molecular weight is 173 g/mol. The van der Waals surface area contributed by atoms with E-state index >= 15 is 0 Å². The number of hydrogen-bond donors (Lipinski definition) is 2. The van der Waals surface area contributed by atoms with Crippen LogP contribution < -0.4 is 0 Å². The minimum atomic E-state index is -0.609. The lowest BCUT2D eigenvalue weighted by Gasteiger charge is -2.33. The van der Waals surface area contributed by atoms with Crippen molar-refractivity contribution < 1.29 is 10.2 Å². The van der Waals surface area contributed by atoms with E-state index in [2.05, 4.69) is 4.90 Å².